The summed E-state index contributed by atoms with van der Waals surface area (Å²) in [7, 11) is 0. The van der Waals surface area contributed by atoms with E-state index >= 15 is 0 Å². The summed E-state index contributed by atoms with van der Waals surface area (Å²) in [5.74, 6) is 1.47. The van der Waals surface area contributed by atoms with Crippen molar-refractivity contribution in [3.05, 3.63) is 29.8 Å². The molecule has 0 fully saturated rings. The van der Waals surface area contributed by atoms with Crippen LogP contribution in [0.4, 0.5) is 0 Å². The van der Waals surface area contributed by atoms with Gasteiger partial charge in [-0.05, 0) is 30.4 Å². The maximum absolute atomic E-state index is 8.75. The van der Waals surface area contributed by atoms with E-state index in [1.165, 1.54) is 5.56 Å². The third-order valence-corrected chi connectivity index (χ3v) is 2.69. The first-order chi connectivity index (χ1) is 7.33. The summed E-state index contributed by atoms with van der Waals surface area (Å²) in [5.41, 5.74) is 1.26. The molecule has 2 nitrogen and oxygen atoms in total. The van der Waals surface area contributed by atoms with Gasteiger partial charge in [0, 0.05) is 0 Å². The van der Waals surface area contributed by atoms with Crippen molar-refractivity contribution in [1.29, 1.82) is 0 Å². The Morgan fingerprint density at radius 3 is 2.47 bits per heavy atom. The van der Waals surface area contributed by atoms with Crippen LogP contribution in [0, 0.1) is 0 Å². The van der Waals surface area contributed by atoms with Gasteiger partial charge in [0.2, 0.25) is 0 Å². The van der Waals surface area contributed by atoms with Crippen molar-refractivity contribution in [2.24, 2.45) is 0 Å². The minimum atomic E-state index is 0.0667. The van der Waals surface area contributed by atoms with E-state index in [1.807, 2.05) is 18.2 Å². The molecule has 0 aromatic heterocycles. The summed E-state index contributed by atoms with van der Waals surface area (Å²) >= 11 is 0. The molecular formula is C13H20O2. The average Bonchev–Trinajstić information content (AvgIpc) is 2.29. The van der Waals surface area contributed by atoms with Gasteiger partial charge in [0.25, 0.3) is 0 Å². The number of hydrogen-bond acceptors (Lipinski definition) is 2. The predicted molar refractivity (Wildman–Crippen MR) is 62.3 cm³/mol. The third kappa shape index (κ3) is 3.24. The van der Waals surface area contributed by atoms with Gasteiger partial charge in [-0.15, -0.1) is 0 Å². The highest BCUT2D eigenvalue weighted by molar-refractivity contribution is 5.36. The standard InChI is InChI=1S/C13H20O2/c1-3-11(4-2)12-7-5-6-8-13(12)15-10-9-14/h5-8,11,14H,3-4,9-10H2,1-2H3. The Bertz CT molecular complexity index is 280. The molecule has 0 atom stereocenters. The molecule has 0 amide bonds. The molecule has 0 unspecified atom stereocenters. The van der Waals surface area contributed by atoms with Crippen molar-refractivity contribution in [2.75, 3.05) is 13.2 Å². The number of ether oxygens (including phenoxy) is 1. The smallest absolute Gasteiger partial charge is 0.122 e. The van der Waals surface area contributed by atoms with Crippen LogP contribution in [-0.2, 0) is 0 Å². The molecule has 0 spiro atoms. The summed E-state index contributed by atoms with van der Waals surface area (Å²) < 4.78 is 5.52. The fraction of sp³-hybridized carbons (Fsp3) is 0.538. The molecule has 0 saturated carbocycles. The molecule has 0 aliphatic rings. The van der Waals surface area contributed by atoms with E-state index in [9.17, 15) is 0 Å². The van der Waals surface area contributed by atoms with Crippen molar-refractivity contribution in [1.82, 2.24) is 0 Å². The summed E-state index contributed by atoms with van der Waals surface area (Å²) in [6, 6.07) is 8.10. The van der Waals surface area contributed by atoms with Crippen molar-refractivity contribution in [2.45, 2.75) is 32.6 Å². The highest BCUT2D eigenvalue weighted by atomic mass is 16.5. The Hall–Kier alpha value is -1.02. The lowest BCUT2D eigenvalue weighted by atomic mass is 9.93. The van der Waals surface area contributed by atoms with E-state index in [2.05, 4.69) is 19.9 Å². The molecule has 84 valence electrons. The van der Waals surface area contributed by atoms with Gasteiger partial charge in [-0.25, -0.2) is 0 Å². The van der Waals surface area contributed by atoms with Gasteiger partial charge in [0.05, 0.1) is 6.61 Å². The van der Waals surface area contributed by atoms with Gasteiger partial charge in [0.15, 0.2) is 0 Å². The number of benzene rings is 1. The highest BCUT2D eigenvalue weighted by Crippen LogP contribution is 2.30. The zero-order valence-corrected chi connectivity index (χ0v) is 9.57. The lowest BCUT2D eigenvalue weighted by Crippen LogP contribution is -2.05. The minimum absolute atomic E-state index is 0.0667. The van der Waals surface area contributed by atoms with Crippen LogP contribution in [-0.4, -0.2) is 18.3 Å². The quantitative estimate of drug-likeness (QED) is 0.778. The van der Waals surface area contributed by atoms with Crippen molar-refractivity contribution in [3.63, 3.8) is 0 Å². The van der Waals surface area contributed by atoms with E-state index in [-0.39, 0.29) is 6.61 Å². The van der Waals surface area contributed by atoms with Gasteiger partial charge < -0.3 is 9.84 Å². The Kier molecular flexibility index (Phi) is 5.19. The molecule has 1 aromatic carbocycles. The Labute approximate surface area is 91.9 Å². The van der Waals surface area contributed by atoms with Crippen LogP contribution in [0.15, 0.2) is 24.3 Å². The predicted octanol–water partition coefficient (Wildman–Crippen LogP) is 2.96. The molecule has 0 aliphatic heterocycles. The van der Waals surface area contributed by atoms with Crippen LogP contribution >= 0.6 is 0 Å². The van der Waals surface area contributed by atoms with E-state index in [1.54, 1.807) is 0 Å². The number of hydrogen-bond donors (Lipinski definition) is 1. The Balaban J connectivity index is 2.84. The fourth-order valence-electron chi connectivity index (χ4n) is 1.83. The van der Waals surface area contributed by atoms with Gasteiger partial charge in [0.1, 0.15) is 12.4 Å². The molecule has 1 N–H and O–H groups in total. The second kappa shape index (κ2) is 6.46. The maximum Gasteiger partial charge on any atom is 0.122 e. The monoisotopic (exact) mass is 208 g/mol. The molecule has 0 heterocycles. The van der Waals surface area contributed by atoms with Gasteiger partial charge in [-0.1, -0.05) is 32.0 Å². The molecular weight excluding hydrogens is 188 g/mol. The fourth-order valence-corrected chi connectivity index (χ4v) is 1.83. The number of rotatable bonds is 6. The van der Waals surface area contributed by atoms with Gasteiger partial charge in [-0.3, -0.25) is 0 Å². The van der Waals surface area contributed by atoms with Crippen LogP contribution in [0.2, 0.25) is 0 Å². The van der Waals surface area contributed by atoms with E-state index in [0.29, 0.717) is 12.5 Å². The van der Waals surface area contributed by atoms with Crippen LogP contribution in [0.3, 0.4) is 0 Å². The SMILES string of the molecule is CCC(CC)c1ccccc1OCCO. The normalized spacial score (nSPS) is 10.7. The van der Waals surface area contributed by atoms with Crippen molar-refractivity contribution >= 4 is 0 Å². The zero-order valence-electron chi connectivity index (χ0n) is 9.57. The van der Waals surface area contributed by atoms with Crippen LogP contribution < -0.4 is 4.74 Å². The highest BCUT2D eigenvalue weighted by Gasteiger charge is 2.11. The second-order valence-corrected chi connectivity index (χ2v) is 3.62. The van der Waals surface area contributed by atoms with Gasteiger partial charge in [-0.2, -0.15) is 0 Å². The maximum atomic E-state index is 8.75. The number of para-hydroxylation sites is 1. The third-order valence-electron chi connectivity index (χ3n) is 2.69. The van der Waals surface area contributed by atoms with Crippen LogP contribution in [0.1, 0.15) is 38.2 Å². The first kappa shape index (κ1) is 12.1. The summed E-state index contributed by atoms with van der Waals surface area (Å²) in [6.45, 7) is 4.82. The largest absolute Gasteiger partial charge is 0.491 e. The molecule has 2 heteroatoms. The first-order valence-corrected chi connectivity index (χ1v) is 5.66. The molecule has 0 bridgehead atoms. The zero-order chi connectivity index (χ0) is 11.1. The summed E-state index contributed by atoms with van der Waals surface area (Å²) in [5, 5.41) is 8.75. The molecule has 15 heavy (non-hydrogen) atoms. The van der Waals surface area contributed by atoms with Crippen LogP contribution in [0.5, 0.6) is 5.75 Å². The molecule has 1 rings (SSSR count). The molecule has 1 aromatic rings. The van der Waals surface area contributed by atoms with Crippen molar-refractivity contribution < 1.29 is 9.84 Å². The Morgan fingerprint density at radius 2 is 1.87 bits per heavy atom. The summed E-state index contributed by atoms with van der Waals surface area (Å²) in [6.07, 6.45) is 2.24. The second-order valence-electron chi connectivity index (χ2n) is 3.62. The Morgan fingerprint density at radius 1 is 1.20 bits per heavy atom. The number of aliphatic hydroxyl groups is 1. The van der Waals surface area contributed by atoms with E-state index in [4.69, 9.17) is 9.84 Å². The van der Waals surface area contributed by atoms with Crippen LogP contribution in [0.25, 0.3) is 0 Å². The molecule has 0 radical (unpaired) electrons. The lowest BCUT2D eigenvalue weighted by molar-refractivity contribution is 0.199. The summed E-state index contributed by atoms with van der Waals surface area (Å²) in [4.78, 5) is 0. The lowest BCUT2D eigenvalue weighted by Gasteiger charge is -2.17. The van der Waals surface area contributed by atoms with E-state index < -0.39 is 0 Å². The number of aliphatic hydroxyl groups excluding tert-OH is 1. The minimum Gasteiger partial charge on any atom is -0.491 e. The molecule has 0 aliphatic carbocycles. The molecule has 0 saturated heterocycles. The average molecular weight is 208 g/mol. The van der Waals surface area contributed by atoms with Gasteiger partial charge >= 0.3 is 0 Å². The first-order valence-electron chi connectivity index (χ1n) is 5.66. The topological polar surface area (TPSA) is 29.5 Å². The van der Waals surface area contributed by atoms with E-state index in [0.717, 1.165) is 18.6 Å². The van der Waals surface area contributed by atoms with Crippen molar-refractivity contribution in [3.8, 4) is 5.75 Å².